The molecule has 1 aliphatic heterocycles. The summed E-state index contributed by atoms with van der Waals surface area (Å²) < 4.78 is 0. The molecule has 0 amide bonds. The zero-order valence-corrected chi connectivity index (χ0v) is 13.6. The summed E-state index contributed by atoms with van der Waals surface area (Å²) in [5.74, 6) is 3.37. The monoisotopic (exact) mass is 253 g/mol. The molecule has 0 radical (unpaired) electrons. The maximum atomic E-state index is 3.64. The first-order valence-corrected chi connectivity index (χ1v) is 8.06. The predicted molar refractivity (Wildman–Crippen MR) is 81.8 cm³/mol. The van der Waals surface area contributed by atoms with Gasteiger partial charge in [-0.2, -0.15) is 0 Å². The van der Waals surface area contributed by atoms with Gasteiger partial charge >= 0.3 is 0 Å². The van der Waals surface area contributed by atoms with E-state index in [2.05, 4.69) is 46.9 Å². The molecule has 1 N–H and O–H groups in total. The Balaban J connectivity index is 2.85. The summed E-state index contributed by atoms with van der Waals surface area (Å²) in [4.78, 5) is 0. The molecule has 0 saturated carbocycles. The smallest absolute Gasteiger partial charge is 0.00151 e. The first-order chi connectivity index (χ1) is 8.35. The lowest BCUT2D eigenvalue weighted by Crippen LogP contribution is -2.47. The van der Waals surface area contributed by atoms with E-state index >= 15 is 0 Å². The van der Waals surface area contributed by atoms with Crippen LogP contribution in [-0.4, -0.2) is 13.1 Å². The van der Waals surface area contributed by atoms with Crippen LogP contribution in [0.4, 0.5) is 0 Å². The van der Waals surface area contributed by atoms with Gasteiger partial charge < -0.3 is 5.32 Å². The van der Waals surface area contributed by atoms with E-state index in [1.807, 2.05) is 0 Å². The van der Waals surface area contributed by atoms with Crippen molar-refractivity contribution >= 4 is 0 Å². The molecular weight excluding hydrogens is 218 g/mol. The quantitative estimate of drug-likeness (QED) is 0.722. The molecule has 0 spiro atoms. The lowest BCUT2D eigenvalue weighted by Gasteiger charge is -2.48. The fourth-order valence-electron chi connectivity index (χ4n) is 4.18. The molecule has 0 aromatic heterocycles. The third-order valence-electron chi connectivity index (χ3n) is 4.44. The Labute approximate surface area is 115 Å². The molecular formula is C17H35N. The number of rotatable bonds is 6. The SMILES string of the molecule is CC(C)CC1CNCCC1(CC(C)C)CC(C)C. The molecule has 1 saturated heterocycles. The molecule has 0 bridgehead atoms. The van der Waals surface area contributed by atoms with Crippen molar-refractivity contribution in [2.45, 2.75) is 67.2 Å². The predicted octanol–water partition coefficient (Wildman–Crippen LogP) is 4.72. The highest BCUT2D eigenvalue weighted by atomic mass is 14.9. The van der Waals surface area contributed by atoms with E-state index in [9.17, 15) is 0 Å². The molecule has 1 nitrogen and oxygen atoms in total. The number of nitrogens with one attached hydrogen (secondary N) is 1. The maximum absolute atomic E-state index is 3.64. The minimum absolute atomic E-state index is 0.609. The molecule has 0 aliphatic carbocycles. The van der Waals surface area contributed by atoms with Gasteiger partial charge in [0.05, 0.1) is 0 Å². The highest BCUT2D eigenvalue weighted by Gasteiger charge is 2.41. The normalized spacial score (nSPS) is 24.2. The van der Waals surface area contributed by atoms with Crippen LogP contribution in [0.1, 0.15) is 67.2 Å². The molecule has 108 valence electrons. The van der Waals surface area contributed by atoms with Gasteiger partial charge in [-0.1, -0.05) is 41.5 Å². The van der Waals surface area contributed by atoms with E-state index in [0.717, 1.165) is 23.7 Å². The van der Waals surface area contributed by atoms with Crippen LogP contribution in [0, 0.1) is 29.1 Å². The summed E-state index contributed by atoms with van der Waals surface area (Å²) in [5, 5.41) is 3.64. The van der Waals surface area contributed by atoms with Crippen LogP contribution in [0.5, 0.6) is 0 Å². The van der Waals surface area contributed by atoms with Gasteiger partial charge in [0.25, 0.3) is 0 Å². The summed E-state index contributed by atoms with van der Waals surface area (Å²) in [6.45, 7) is 16.8. The summed E-state index contributed by atoms with van der Waals surface area (Å²) in [7, 11) is 0. The summed E-state index contributed by atoms with van der Waals surface area (Å²) >= 11 is 0. The topological polar surface area (TPSA) is 12.0 Å². The second-order valence-electron chi connectivity index (χ2n) is 7.84. The van der Waals surface area contributed by atoms with E-state index in [0.29, 0.717) is 5.41 Å². The van der Waals surface area contributed by atoms with Gasteiger partial charge in [-0.05, 0) is 67.9 Å². The summed E-state index contributed by atoms with van der Waals surface area (Å²) in [6.07, 6.45) is 5.63. The molecule has 0 aromatic carbocycles. The first kappa shape index (κ1) is 16.0. The minimum atomic E-state index is 0.609. The fourth-order valence-corrected chi connectivity index (χ4v) is 4.18. The van der Waals surface area contributed by atoms with Crippen molar-refractivity contribution in [2.24, 2.45) is 29.1 Å². The van der Waals surface area contributed by atoms with E-state index < -0.39 is 0 Å². The molecule has 1 fully saturated rings. The van der Waals surface area contributed by atoms with Gasteiger partial charge in [0, 0.05) is 0 Å². The molecule has 1 heteroatoms. The van der Waals surface area contributed by atoms with Crippen molar-refractivity contribution in [2.75, 3.05) is 13.1 Å². The van der Waals surface area contributed by atoms with Crippen LogP contribution in [0.3, 0.4) is 0 Å². The van der Waals surface area contributed by atoms with Gasteiger partial charge in [0.15, 0.2) is 0 Å². The number of piperidine rings is 1. The fraction of sp³-hybridized carbons (Fsp3) is 1.00. The van der Waals surface area contributed by atoms with Crippen molar-refractivity contribution in [3.63, 3.8) is 0 Å². The highest BCUT2D eigenvalue weighted by Crippen LogP contribution is 2.47. The van der Waals surface area contributed by atoms with Crippen molar-refractivity contribution in [3.8, 4) is 0 Å². The minimum Gasteiger partial charge on any atom is -0.316 e. The lowest BCUT2D eigenvalue weighted by atomic mass is 9.61. The molecule has 1 rings (SSSR count). The lowest BCUT2D eigenvalue weighted by molar-refractivity contribution is 0.0416. The van der Waals surface area contributed by atoms with Crippen LogP contribution in [-0.2, 0) is 0 Å². The molecule has 0 aromatic rings. The Bertz CT molecular complexity index is 220. The standard InChI is InChI=1S/C17H35N/c1-13(2)9-16-12-18-8-7-17(16,10-14(3)4)11-15(5)6/h13-16,18H,7-12H2,1-6H3. The maximum Gasteiger partial charge on any atom is -0.00151 e. The van der Waals surface area contributed by atoms with Gasteiger partial charge in [-0.3, -0.25) is 0 Å². The Kier molecular flexibility index (Phi) is 6.17. The molecule has 1 unspecified atom stereocenters. The summed E-state index contributed by atoms with van der Waals surface area (Å²) in [6, 6.07) is 0. The van der Waals surface area contributed by atoms with Crippen LogP contribution < -0.4 is 5.32 Å². The Morgan fingerprint density at radius 1 is 0.944 bits per heavy atom. The van der Waals surface area contributed by atoms with E-state index in [4.69, 9.17) is 0 Å². The van der Waals surface area contributed by atoms with Crippen LogP contribution in [0.2, 0.25) is 0 Å². The van der Waals surface area contributed by atoms with E-state index in [1.165, 1.54) is 38.8 Å². The van der Waals surface area contributed by atoms with Gasteiger partial charge in [-0.15, -0.1) is 0 Å². The van der Waals surface area contributed by atoms with E-state index in [1.54, 1.807) is 0 Å². The van der Waals surface area contributed by atoms with Crippen LogP contribution >= 0.6 is 0 Å². The highest BCUT2D eigenvalue weighted by molar-refractivity contribution is 4.93. The molecule has 1 aliphatic rings. The summed E-state index contributed by atoms with van der Waals surface area (Å²) in [5.41, 5.74) is 0.609. The second kappa shape index (κ2) is 6.93. The van der Waals surface area contributed by atoms with Crippen molar-refractivity contribution < 1.29 is 0 Å². The molecule has 18 heavy (non-hydrogen) atoms. The molecule has 1 atom stereocenters. The third kappa shape index (κ3) is 4.57. The van der Waals surface area contributed by atoms with Gasteiger partial charge in [0.2, 0.25) is 0 Å². The molecule has 1 heterocycles. The van der Waals surface area contributed by atoms with E-state index in [-0.39, 0.29) is 0 Å². The zero-order valence-electron chi connectivity index (χ0n) is 13.6. The number of hydrogen-bond donors (Lipinski definition) is 1. The Morgan fingerprint density at radius 2 is 1.50 bits per heavy atom. The van der Waals surface area contributed by atoms with Crippen LogP contribution in [0.15, 0.2) is 0 Å². The van der Waals surface area contributed by atoms with Crippen molar-refractivity contribution in [1.82, 2.24) is 5.32 Å². The average Bonchev–Trinajstić information content (AvgIpc) is 2.18. The first-order valence-electron chi connectivity index (χ1n) is 8.06. The van der Waals surface area contributed by atoms with Gasteiger partial charge in [0.1, 0.15) is 0 Å². The van der Waals surface area contributed by atoms with Crippen molar-refractivity contribution in [1.29, 1.82) is 0 Å². The third-order valence-corrected chi connectivity index (χ3v) is 4.44. The van der Waals surface area contributed by atoms with Crippen molar-refractivity contribution in [3.05, 3.63) is 0 Å². The second-order valence-corrected chi connectivity index (χ2v) is 7.84. The largest absolute Gasteiger partial charge is 0.316 e. The van der Waals surface area contributed by atoms with Crippen LogP contribution in [0.25, 0.3) is 0 Å². The Morgan fingerprint density at radius 3 is 1.94 bits per heavy atom. The Hall–Kier alpha value is -0.0400. The zero-order chi connectivity index (χ0) is 13.8. The number of hydrogen-bond acceptors (Lipinski definition) is 1. The van der Waals surface area contributed by atoms with Gasteiger partial charge in [-0.25, -0.2) is 0 Å². The average molecular weight is 253 g/mol.